The van der Waals surface area contributed by atoms with Gasteiger partial charge in [0.1, 0.15) is 0 Å². The summed E-state index contributed by atoms with van der Waals surface area (Å²) in [5, 5.41) is 6.27. The number of hydrogen-bond acceptors (Lipinski definition) is 3. The van der Waals surface area contributed by atoms with Gasteiger partial charge in [-0.2, -0.15) is 0 Å². The highest BCUT2D eigenvalue weighted by Crippen LogP contribution is 2.20. The lowest BCUT2D eigenvalue weighted by molar-refractivity contribution is 0.0956. The SMILES string of the molecule is CCNC(=O)c1cccc(NC(C)C2CCOC2)c1. The first kappa shape index (κ1) is 13.9. The van der Waals surface area contributed by atoms with Crippen LogP contribution in [0.1, 0.15) is 30.6 Å². The highest BCUT2D eigenvalue weighted by molar-refractivity contribution is 5.95. The highest BCUT2D eigenvalue weighted by Gasteiger charge is 2.22. The zero-order valence-electron chi connectivity index (χ0n) is 11.6. The maximum absolute atomic E-state index is 11.8. The zero-order chi connectivity index (χ0) is 13.7. The number of nitrogens with one attached hydrogen (secondary N) is 2. The molecule has 0 spiro atoms. The molecule has 0 bridgehead atoms. The van der Waals surface area contributed by atoms with Crippen LogP contribution in [0.25, 0.3) is 0 Å². The number of amides is 1. The number of ether oxygens (including phenoxy) is 1. The molecule has 0 saturated carbocycles. The Morgan fingerprint density at radius 1 is 1.53 bits per heavy atom. The fourth-order valence-electron chi connectivity index (χ4n) is 2.34. The van der Waals surface area contributed by atoms with Gasteiger partial charge in [-0.3, -0.25) is 4.79 Å². The van der Waals surface area contributed by atoms with Crippen molar-refractivity contribution in [2.45, 2.75) is 26.3 Å². The molecule has 2 rings (SSSR count). The first-order chi connectivity index (χ1) is 9.20. The number of carbonyl (C=O) groups is 1. The second kappa shape index (κ2) is 6.57. The third kappa shape index (κ3) is 3.70. The van der Waals surface area contributed by atoms with E-state index in [1.165, 1.54) is 0 Å². The molecule has 104 valence electrons. The smallest absolute Gasteiger partial charge is 0.251 e. The third-order valence-corrected chi connectivity index (χ3v) is 3.53. The molecule has 0 aromatic heterocycles. The summed E-state index contributed by atoms with van der Waals surface area (Å²) < 4.78 is 5.41. The van der Waals surface area contributed by atoms with E-state index in [4.69, 9.17) is 4.74 Å². The van der Waals surface area contributed by atoms with Crippen LogP contribution in [0, 0.1) is 5.92 Å². The van der Waals surface area contributed by atoms with Gasteiger partial charge in [-0.1, -0.05) is 6.07 Å². The van der Waals surface area contributed by atoms with Gasteiger partial charge < -0.3 is 15.4 Å². The van der Waals surface area contributed by atoms with Crippen molar-refractivity contribution in [3.63, 3.8) is 0 Å². The summed E-state index contributed by atoms with van der Waals surface area (Å²) in [6.07, 6.45) is 1.10. The fraction of sp³-hybridized carbons (Fsp3) is 0.533. The van der Waals surface area contributed by atoms with Crippen molar-refractivity contribution in [3.8, 4) is 0 Å². The van der Waals surface area contributed by atoms with Crippen LogP contribution in [0.2, 0.25) is 0 Å². The van der Waals surface area contributed by atoms with Gasteiger partial charge in [0, 0.05) is 36.4 Å². The molecule has 0 aliphatic carbocycles. The van der Waals surface area contributed by atoms with Crippen LogP contribution in [-0.4, -0.2) is 31.7 Å². The van der Waals surface area contributed by atoms with E-state index in [1.807, 2.05) is 31.2 Å². The van der Waals surface area contributed by atoms with Gasteiger partial charge in [0.15, 0.2) is 0 Å². The van der Waals surface area contributed by atoms with Gasteiger partial charge in [0.2, 0.25) is 0 Å². The summed E-state index contributed by atoms with van der Waals surface area (Å²) in [7, 11) is 0. The molecule has 1 aromatic carbocycles. The van der Waals surface area contributed by atoms with E-state index in [0.29, 0.717) is 24.1 Å². The van der Waals surface area contributed by atoms with E-state index in [2.05, 4.69) is 17.6 Å². The van der Waals surface area contributed by atoms with E-state index >= 15 is 0 Å². The van der Waals surface area contributed by atoms with Crippen LogP contribution in [-0.2, 0) is 4.74 Å². The van der Waals surface area contributed by atoms with Crippen LogP contribution in [0.4, 0.5) is 5.69 Å². The standard InChI is InChI=1S/C15H22N2O2/c1-3-16-15(18)12-5-4-6-14(9-12)17-11(2)13-7-8-19-10-13/h4-6,9,11,13,17H,3,7-8,10H2,1-2H3,(H,16,18). The summed E-state index contributed by atoms with van der Waals surface area (Å²) in [5.41, 5.74) is 1.69. The Morgan fingerprint density at radius 2 is 2.37 bits per heavy atom. The molecule has 0 radical (unpaired) electrons. The van der Waals surface area contributed by atoms with Crippen molar-refractivity contribution in [1.29, 1.82) is 0 Å². The quantitative estimate of drug-likeness (QED) is 0.856. The van der Waals surface area contributed by atoms with E-state index < -0.39 is 0 Å². The lowest BCUT2D eigenvalue weighted by atomic mass is 10.0. The molecule has 2 unspecified atom stereocenters. The minimum Gasteiger partial charge on any atom is -0.382 e. The van der Waals surface area contributed by atoms with Crippen LogP contribution in [0.5, 0.6) is 0 Å². The average molecular weight is 262 g/mol. The second-order valence-corrected chi connectivity index (χ2v) is 5.00. The number of rotatable bonds is 5. The molecule has 1 heterocycles. The van der Waals surface area contributed by atoms with Crippen molar-refractivity contribution in [3.05, 3.63) is 29.8 Å². The summed E-state index contributed by atoms with van der Waals surface area (Å²) in [6, 6.07) is 7.99. The predicted octanol–water partition coefficient (Wildman–Crippen LogP) is 2.27. The molecular formula is C15H22N2O2. The number of hydrogen-bond donors (Lipinski definition) is 2. The molecule has 1 aliphatic rings. The molecule has 1 aliphatic heterocycles. The maximum Gasteiger partial charge on any atom is 0.251 e. The largest absolute Gasteiger partial charge is 0.382 e. The van der Waals surface area contributed by atoms with E-state index in [9.17, 15) is 4.79 Å². The van der Waals surface area contributed by atoms with Crippen molar-refractivity contribution in [2.75, 3.05) is 25.1 Å². The highest BCUT2D eigenvalue weighted by atomic mass is 16.5. The Balaban J connectivity index is 2.00. The summed E-state index contributed by atoms with van der Waals surface area (Å²) in [4.78, 5) is 11.8. The topological polar surface area (TPSA) is 50.4 Å². The van der Waals surface area contributed by atoms with Crippen molar-refractivity contribution in [2.24, 2.45) is 5.92 Å². The van der Waals surface area contributed by atoms with Gasteiger partial charge in [-0.05, 0) is 38.5 Å². The molecule has 1 aromatic rings. The monoisotopic (exact) mass is 262 g/mol. The molecule has 1 saturated heterocycles. The Kier molecular flexibility index (Phi) is 4.80. The normalized spacial score (nSPS) is 20.0. The number of anilines is 1. The summed E-state index contributed by atoms with van der Waals surface area (Å²) >= 11 is 0. The minimum atomic E-state index is -0.0250. The van der Waals surface area contributed by atoms with Gasteiger partial charge in [0.25, 0.3) is 5.91 Å². The van der Waals surface area contributed by atoms with Crippen LogP contribution >= 0.6 is 0 Å². The first-order valence-corrected chi connectivity index (χ1v) is 6.93. The molecular weight excluding hydrogens is 240 g/mol. The summed E-state index contributed by atoms with van der Waals surface area (Å²) in [6.45, 7) is 6.41. The zero-order valence-corrected chi connectivity index (χ0v) is 11.6. The Bertz CT molecular complexity index is 428. The summed E-state index contributed by atoms with van der Waals surface area (Å²) in [5.74, 6) is 0.524. The first-order valence-electron chi connectivity index (χ1n) is 6.93. The minimum absolute atomic E-state index is 0.0250. The average Bonchev–Trinajstić information content (AvgIpc) is 2.93. The van der Waals surface area contributed by atoms with Crippen molar-refractivity contribution in [1.82, 2.24) is 5.32 Å². The van der Waals surface area contributed by atoms with Crippen molar-refractivity contribution >= 4 is 11.6 Å². The fourth-order valence-corrected chi connectivity index (χ4v) is 2.34. The van der Waals surface area contributed by atoms with Gasteiger partial charge in [-0.15, -0.1) is 0 Å². The van der Waals surface area contributed by atoms with E-state index in [-0.39, 0.29) is 5.91 Å². The van der Waals surface area contributed by atoms with Crippen molar-refractivity contribution < 1.29 is 9.53 Å². The van der Waals surface area contributed by atoms with E-state index in [1.54, 1.807) is 0 Å². The number of carbonyl (C=O) groups excluding carboxylic acids is 1. The molecule has 4 nitrogen and oxygen atoms in total. The van der Waals surface area contributed by atoms with Crippen LogP contribution < -0.4 is 10.6 Å². The Hall–Kier alpha value is -1.55. The third-order valence-electron chi connectivity index (χ3n) is 3.53. The van der Waals surface area contributed by atoms with E-state index in [0.717, 1.165) is 25.3 Å². The molecule has 1 fully saturated rings. The van der Waals surface area contributed by atoms with Gasteiger partial charge in [-0.25, -0.2) is 0 Å². The molecule has 1 amide bonds. The second-order valence-electron chi connectivity index (χ2n) is 5.00. The molecule has 2 N–H and O–H groups in total. The maximum atomic E-state index is 11.8. The van der Waals surface area contributed by atoms with Crippen LogP contribution in [0.3, 0.4) is 0 Å². The molecule has 4 heteroatoms. The molecule has 2 atom stereocenters. The lowest BCUT2D eigenvalue weighted by Crippen LogP contribution is -2.26. The lowest BCUT2D eigenvalue weighted by Gasteiger charge is -2.20. The molecule has 19 heavy (non-hydrogen) atoms. The Morgan fingerprint density at radius 3 is 3.05 bits per heavy atom. The predicted molar refractivity (Wildman–Crippen MR) is 76.5 cm³/mol. The Labute approximate surface area is 114 Å². The number of benzene rings is 1. The van der Waals surface area contributed by atoms with Crippen LogP contribution in [0.15, 0.2) is 24.3 Å². The van der Waals surface area contributed by atoms with Gasteiger partial charge in [0.05, 0.1) is 6.61 Å². The van der Waals surface area contributed by atoms with Gasteiger partial charge >= 0.3 is 0 Å².